The zero-order chi connectivity index (χ0) is 13.1. The third kappa shape index (κ3) is 2.39. The monoisotopic (exact) mass is 248 g/mol. The van der Waals surface area contributed by atoms with E-state index in [9.17, 15) is 4.79 Å². The highest BCUT2D eigenvalue weighted by Gasteiger charge is 2.24. The maximum Gasteiger partial charge on any atom is 0.322 e. The molecule has 0 radical (unpaired) electrons. The van der Waals surface area contributed by atoms with Crippen LogP contribution in [0.25, 0.3) is 0 Å². The van der Waals surface area contributed by atoms with Gasteiger partial charge < -0.3 is 10.2 Å². The first-order valence-electron chi connectivity index (χ1n) is 6.36. The standard InChI is InChI=1S/C13H20N4O/c1-4-6-11-7-5-8-17(11)13(18)15-12-9-14-16(3)10(12)2/h5,7,9,11H,4,6,8H2,1-3H3,(H,15,18)/t11-/m1/s1. The van der Waals surface area contributed by atoms with Gasteiger partial charge in [0.2, 0.25) is 0 Å². The molecule has 1 aromatic rings. The molecule has 0 fully saturated rings. The smallest absolute Gasteiger partial charge is 0.314 e. The first kappa shape index (κ1) is 12.7. The fourth-order valence-electron chi connectivity index (χ4n) is 2.16. The number of anilines is 1. The normalized spacial score (nSPS) is 18.4. The quantitative estimate of drug-likeness (QED) is 0.834. The minimum Gasteiger partial charge on any atom is -0.314 e. The van der Waals surface area contributed by atoms with Crippen LogP contribution < -0.4 is 5.32 Å². The van der Waals surface area contributed by atoms with E-state index in [0.29, 0.717) is 6.54 Å². The summed E-state index contributed by atoms with van der Waals surface area (Å²) in [4.78, 5) is 14.1. The molecule has 5 nitrogen and oxygen atoms in total. The average molecular weight is 248 g/mol. The lowest BCUT2D eigenvalue weighted by Gasteiger charge is -2.24. The third-order valence-electron chi connectivity index (χ3n) is 3.38. The summed E-state index contributed by atoms with van der Waals surface area (Å²) in [7, 11) is 1.86. The highest BCUT2D eigenvalue weighted by molar-refractivity contribution is 5.90. The van der Waals surface area contributed by atoms with Gasteiger partial charge in [0, 0.05) is 13.6 Å². The molecule has 0 unspecified atom stereocenters. The van der Waals surface area contributed by atoms with Gasteiger partial charge in [0.25, 0.3) is 0 Å². The molecule has 1 aliphatic rings. The van der Waals surface area contributed by atoms with Crippen molar-refractivity contribution in [2.45, 2.75) is 32.7 Å². The minimum atomic E-state index is -0.0467. The number of urea groups is 1. The molecule has 1 atom stereocenters. The largest absolute Gasteiger partial charge is 0.322 e. The van der Waals surface area contributed by atoms with Gasteiger partial charge in [-0.15, -0.1) is 0 Å². The van der Waals surface area contributed by atoms with Crippen LogP contribution in [0, 0.1) is 6.92 Å². The number of aromatic nitrogens is 2. The average Bonchev–Trinajstić information content (AvgIpc) is 2.92. The molecule has 0 spiro atoms. The molecule has 2 amide bonds. The lowest BCUT2D eigenvalue weighted by molar-refractivity contribution is 0.208. The third-order valence-corrected chi connectivity index (χ3v) is 3.38. The Balaban J connectivity index is 2.02. The highest BCUT2D eigenvalue weighted by atomic mass is 16.2. The molecular weight excluding hydrogens is 228 g/mol. The number of aryl methyl sites for hydroxylation is 1. The van der Waals surface area contributed by atoms with E-state index in [4.69, 9.17) is 0 Å². The Labute approximate surface area is 107 Å². The maximum absolute atomic E-state index is 12.2. The van der Waals surface area contributed by atoms with Crippen LogP contribution in [0.5, 0.6) is 0 Å². The van der Waals surface area contributed by atoms with Crippen LogP contribution >= 0.6 is 0 Å². The van der Waals surface area contributed by atoms with Crippen LogP contribution in [-0.4, -0.2) is 33.3 Å². The van der Waals surface area contributed by atoms with Gasteiger partial charge in [0.1, 0.15) is 0 Å². The number of hydrogen-bond acceptors (Lipinski definition) is 2. The summed E-state index contributed by atoms with van der Waals surface area (Å²) in [5.41, 5.74) is 1.74. The molecule has 1 N–H and O–H groups in total. The first-order chi connectivity index (χ1) is 8.63. The van der Waals surface area contributed by atoms with Crippen molar-refractivity contribution in [3.63, 3.8) is 0 Å². The zero-order valence-electron chi connectivity index (χ0n) is 11.2. The summed E-state index contributed by atoms with van der Waals surface area (Å²) < 4.78 is 1.75. The van der Waals surface area contributed by atoms with E-state index in [0.717, 1.165) is 24.2 Å². The van der Waals surface area contributed by atoms with Crippen LogP contribution in [0.3, 0.4) is 0 Å². The fourth-order valence-corrected chi connectivity index (χ4v) is 2.16. The molecule has 1 aromatic heterocycles. The van der Waals surface area contributed by atoms with Crippen molar-refractivity contribution in [1.82, 2.24) is 14.7 Å². The molecule has 0 aliphatic carbocycles. The lowest BCUT2D eigenvalue weighted by Crippen LogP contribution is -2.39. The minimum absolute atomic E-state index is 0.0467. The van der Waals surface area contributed by atoms with E-state index >= 15 is 0 Å². The van der Waals surface area contributed by atoms with E-state index in [-0.39, 0.29) is 12.1 Å². The molecule has 0 saturated heterocycles. The Morgan fingerprint density at radius 3 is 3.00 bits per heavy atom. The summed E-state index contributed by atoms with van der Waals surface area (Å²) in [6.45, 7) is 4.76. The lowest BCUT2D eigenvalue weighted by atomic mass is 10.2. The Morgan fingerprint density at radius 2 is 2.39 bits per heavy atom. The zero-order valence-corrected chi connectivity index (χ0v) is 11.2. The van der Waals surface area contributed by atoms with Crippen LogP contribution in [0.1, 0.15) is 25.5 Å². The van der Waals surface area contributed by atoms with Gasteiger partial charge in [-0.2, -0.15) is 5.10 Å². The second-order valence-electron chi connectivity index (χ2n) is 4.63. The molecule has 2 rings (SSSR count). The van der Waals surface area contributed by atoms with Gasteiger partial charge in [-0.05, 0) is 13.3 Å². The molecule has 0 saturated carbocycles. The molecule has 5 heteroatoms. The molecule has 0 aromatic carbocycles. The number of nitrogens with zero attached hydrogens (tertiary/aromatic N) is 3. The first-order valence-corrected chi connectivity index (χ1v) is 6.36. The Kier molecular flexibility index (Phi) is 3.69. The number of rotatable bonds is 3. The molecule has 1 aliphatic heterocycles. The van der Waals surface area contributed by atoms with Crippen molar-refractivity contribution in [3.8, 4) is 0 Å². The van der Waals surface area contributed by atoms with Crippen LogP contribution in [0.15, 0.2) is 18.3 Å². The topological polar surface area (TPSA) is 50.2 Å². The molecule has 2 heterocycles. The van der Waals surface area contributed by atoms with Crippen molar-refractivity contribution in [2.24, 2.45) is 7.05 Å². The molecule has 0 bridgehead atoms. The number of amides is 2. The maximum atomic E-state index is 12.2. The summed E-state index contributed by atoms with van der Waals surface area (Å²) in [5, 5.41) is 7.04. The molecule has 98 valence electrons. The number of carbonyl (C=O) groups excluding carboxylic acids is 1. The van der Waals surface area contributed by atoms with Gasteiger partial charge in [0.05, 0.1) is 23.6 Å². The SMILES string of the molecule is CCC[C@@H]1C=CCN1C(=O)Nc1cnn(C)c1C. The van der Waals surface area contributed by atoms with E-state index in [1.54, 1.807) is 10.9 Å². The van der Waals surface area contributed by atoms with E-state index in [2.05, 4.69) is 29.5 Å². The van der Waals surface area contributed by atoms with Gasteiger partial charge in [-0.1, -0.05) is 25.5 Å². The number of carbonyl (C=O) groups is 1. The number of nitrogens with one attached hydrogen (secondary N) is 1. The second kappa shape index (κ2) is 5.25. The van der Waals surface area contributed by atoms with Gasteiger partial charge in [-0.3, -0.25) is 4.68 Å². The predicted molar refractivity (Wildman–Crippen MR) is 71.5 cm³/mol. The van der Waals surface area contributed by atoms with Crippen LogP contribution in [0.4, 0.5) is 10.5 Å². The van der Waals surface area contributed by atoms with Crippen molar-refractivity contribution < 1.29 is 4.79 Å². The summed E-state index contributed by atoms with van der Waals surface area (Å²) in [6, 6.07) is 0.182. The summed E-state index contributed by atoms with van der Waals surface area (Å²) >= 11 is 0. The Bertz CT molecular complexity index is 464. The van der Waals surface area contributed by atoms with E-state index in [1.807, 2.05) is 18.9 Å². The fraction of sp³-hybridized carbons (Fsp3) is 0.538. The van der Waals surface area contributed by atoms with Gasteiger partial charge >= 0.3 is 6.03 Å². The second-order valence-corrected chi connectivity index (χ2v) is 4.63. The molecule has 18 heavy (non-hydrogen) atoms. The van der Waals surface area contributed by atoms with Gasteiger partial charge in [0.15, 0.2) is 0 Å². The summed E-state index contributed by atoms with van der Waals surface area (Å²) in [5.74, 6) is 0. The van der Waals surface area contributed by atoms with E-state index < -0.39 is 0 Å². The van der Waals surface area contributed by atoms with Crippen molar-refractivity contribution in [3.05, 3.63) is 24.0 Å². The predicted octanol–water partition coefficient (Wildman–Crippen LogP) is 2.30. The van der Waals surface area contributed by atoms with Crippen molar-refractivity contribution in [1.29, 1.82) is 0 Å². The number of hydrogen-bond donors (Lipinski definition) is 1. The van der Waals surface area contributed by atoms with Gasteiger partial charge in [-0.25, -0.2) is 4.79 Å². The van der Waals surface area contributed by atoms with Crippen LogP contribution in [-0.2, 0) is 7.05 Å². The highest BCUT2D eigenvalue weighted by Crippen LogP contribution is 2.18. The van der Waals surface area contributed by atoms with Crippen molar-refractivity contribution in [2.75, 3.05) is 11.9 Å². The molecular formula is C13H20N4O. The summed E-state index contributed by atoms with van der Waals surface area (Å²) in [6.07, 6.45) is 7.93. The Hall–Kier alpha value is -1.78. The van der Waals surface area contributed by atoms with Crippen LogP contribution in [0.2, 0.25) is 0 Å². The Morgan fingerprint density at radius 1 is 1.61 bits per heavy atom. The van der Waals surface area contributed by atoms with Crippen molar-refractivity contribution >= 4 is 11.7 Å². The van der Waals surface area contributed by atoms with E-state index in [1.165, 1.54) is 0 Å².